The number of nitro groups is 1. The van der Waals surface area contributed by atoms with Crippen molar-refractivity contribution in [3.05, 3.63) is 33.9 Å². The monoisotopic (exact) mass is 345 g/mol. The van der Waals surface area contributed by atoms with Crippen molar-refractivity contribution in [1.82, 2.24) is 4.72 Å². The summed E-state index contributed by atoms with van der Waals surface area (Å²) < 4.78 is 51.1. The van der Waals surface area contributed by atoms with E-state index in [4.69, 9.17) is 5.73 Å². The molecule has 3 N–H and O–H groups in total. The van der Waals surface area contributed by atoms with Gasteiger partial charge >= 0.3 is 0 Å². The number of rotatable bonds is 6. The van der Waals surface area contributed by atoms with Gasteiger partial charge in [0.2, 0.25) is 10.0 Å². The van der Waals surface area contributed by atoms with Crippen LogP contribution in [0.1, 0.15) is 5.56 Å². The molecule has 0 saturated heterocycles. The van der Waals surface area contributed by atoms with Gasteiger partial charge in [-0.3, -0.25) is 10.1 Å². The fourth-order valence-corrected chi connectivity index (χ4v) is 2.50. The molecule has 0 amide bonds. The molecule has 0 bridgehead atoms. The van der Waals surface area contributed by atoms with E-state index in [1.54, 1.807) is 4.72 Å². The van der Waals surface area contributed by atoms with E-state index in [9.17, 15) is 27.3 Å². The third-order valence-electron chi connectivity index (χ3n) is 2.49. The van der Waals surface area contributed by atoms with Crippen molar-refractivity contribution >= 4 is 28.1 Å². The second-order valence-electron chi connectivity index (χ2n) is 4.09. The third kappa shape index (κ3) is 5.16. The summed E-state index contributed by atoms with van der Waals surface area (Å²) in [6.07, 6.45) is 0. The molecule has 11 heteroatoms. The normalized spacial score (nSPS) is 11.8. The first-order chi connectivity index (χ1) is 9.09. The van der Waals surface area contributed by atoms with Gasteiger partial charge in [0, 0.05) is 11.6 Å². The minimum atomic E-state index is -4.18. The highest BCUT2D eigenvalue weighted by Crippen LogP contribution is 2.21. The van der Waals surface area contributed by atoms with E-state index in [2.05, 4.69) is 0 Å². The number of nitrogens with one attached hydrogen (secondary N) is 1. The van der Waals surface area contributed by atoms with Gasteiger partial charge in [0.15, 0.2) is 0 Å². The number of aryl methyl sites for hydroxylation is 1. The van der Waals surface area contributed by atoms with Gasteiger partial charge in [0.05, 0.1) is 22.9 Å². The number of alkyl halides is 2. The molecule has 0 aliphatic rings. The summed E-state index contributed by atoms with van der Waals surface area (Å²) in [4.78, 5) is 9.62. The lowest BCUT2D eigenvalue weighted by Gasteiger charge is -2.14. The van der Waals surface area contributed by atoms with Crippen LogP contribution in [0.5, 0.6) is 0 Å². The zero-order valence-corrected chi connectivity index (χ0v) is 12.5. The van der Waals surface area contributed by atoms with Crippen molar-refractivity contribution in [3.63, 3.8) is 0 Å². The minimum absolute atomic E-state index is 0. The quantitative estimate of drug-likeness (QED) is 0.593. The molecule has 120 valence electrons. The number of hydrogen-bond acceptors (Lipinski definition) is 5. The summed E-state index contributed by atoms with van der Waals surface area (Å²) in [6, 6.07) is 3.03. The molecule has 0 unspecified atom stereocenters. The van der Waals surface area contributed by atoms with Crippen LogP contribution >= 0.6 is 12.4 Å². The highest BCUT2D eigenvalue weighted by Gasteiger charge is 2.29. The SMILES string of the molecule is Cc1cc(S(=O)(=O)NCC(F)(F)CN)ccc1[N+](=O)[O-].Cl. The Kier molecular flexibility index (Phi) is 6.61. The molecule has 0 spiro atoms. The van der Waals surface area contributed by atoms with E-state index in [0.29, 0.717) is 0 Å². The second-order valence-corrected chi connectivity index (χ2v) is 5.86. The third-order valence-corrected chi connectivity index (χ3v) is 3.89. The summed E-state index contributed by atoms with van der Waals surface area (Å²) in [5.74, 6) is -3.36. The van der Waals surface area contributed by atoms with Crippen LogP contribution < -0.4 is 10.5 Å². The minimum Gasteiger partial charge on any atom is -0.325 e. The first-order valence-electron chi connectivity index (χ1n) is 5.42. The number of nitro benzene ring substituents is 1. The Morgan fingerprint density at radius 1 is 1.43 bits per heavy atom. The van der Waals surface area contributed by atoms with Crippen LogP contribution in [0.2, 0.25) is 0 Å². The van der Waals surface area contributed by atoms with E-state index in [1.807, 2.05) is 0 Å². The maximum Gasteiger partial charge on any atom is 0.273 e. The predicted octanol–water partition coefficient (Wildman–Crippen LogP) is 1.20. The van der Waals surface area contributed by atoms with Gasteiger partial charge in [-0.2, -0.15) is 0 Å². The molecule has 7 nitrogen and oxygen atoms in total. The molecule has 0 heterocycles. The summed E-state index contributed by atoms with van der Waals surface area (Å²) in [5.41, 5.74) is 4.65. The molecule has 0 radical (unpaired) electrons. The molecule has 0 saturated carbocycles. The van der Waals surface area contributed by atoms with Gasteiger partial charge in [0.25, 0.3) is 11.6 Å². The Morgan fingerprint density at radius 3 is 2.43 bits per heavy atom. The van der Waals surface area contributed by atoms with Crippen LogP contribution in [0.25, 0.3) is 0 Å². The van der Waals surface area contributed by atoms with E-state index >= 15 is 0 Å². The topological polar surface area (TPSA) is 115 Å². The predicted molar refractivity (Wildman–Crippen MR) is 74.3 cm³/mol. The maximum absolute atomic E-state index is 12.9. The largest absolute Gasteiger partial charge is 0.325 e. The molecule has 0 atom stereocenters. The van der Waals surface area contributed by atoms with Crippen molar-refractivity contribution in [2.45, 2.75) is 17.7 Å². The Labute approximate surface area is 126 Å². The van der Waals surface area contributed by atoms with E-state index in [1.165, 1.54) is 6.92 Å². The summed E-state index contributed by atoms with van der Waals surface area (Å²) in [5, 5.41) is 10.6. The van der Waals surface area contributed by atoms with Crippen LogP contribution in [0, 0.1) is 17.0 Å². The zero-order valence-electron chi connectivity index (χ0n) is 10.9. The average Bonchev–Trinajstić information content (AvgIpc) is 2.36. The molecule has 1 aromatic rings. The molecular weight excluding hydrogens is 332 g/mol. The summed E-state index contributed by atoms with van der Waals surface area (Å²) in [7, 11) is -4.18. The van der Waals surface area contributed by atoms with Crippen molar-refractivity contribution in [1.29, 1.82) is 0 Å². The van der Waals surface area contributed by atoms with Crippen molar-refractivity contribution in [3.8, 4) is 0 Å². The van der Waals surface area contributed by atoms with Crippen LogP contribution in [0.3, 0.4) is 0 Å². The highest BCUT2D eigenvalue weighted by molar-refractivity contribution is 7.89. The molecule has 0 aliphatic heterocycles. The molecular formula is C10H14ClF2N3O4S. The standard InChI is InChI=1S/C10H13F2N3O4S.ClH/c1-7-4-8(2-3-9(7)15(16)17)20(18,19)14-6-10(11,12)5-13;/h2-4,14H,5-6,13H2,1H3;1H. The number of sulfonamides is 1. The zero-order chi connectivity index (χ0) is 15.6. The van der Waals surface area contributed by atoms with Gasteiger partial charge in [-0.25, -0.2) is 21.9 Å². The lowest BCUT2D eigenvalue weighted by Crippen LogP contribution is -2.41. The van der Waals surface area contributed by atoms with Gasteiger partial charge in [-0.05, 0) is 19.1 Å². The van der Waals surface area contributed by atoms with Gasteiger partial charge in [-0.15, -0.1) is 12.4 Å². The van der Waals surface area contributed by atoms with Crippen LogP contribution in [-0.2, 0) is 10.0 Å². The number of nitrogens with two attached hydrogens (primary N) is 1. The van der Waals surface area contributed by atoms with Crippen molar-refractivity contribution < 1.29 is 22.1 Å². The lowest BCUT2D eigenvalue weighted by molar-refractivity contribution is -0.385. The second kappa shape index (κ2) is 7.07. The fourth-order valence-electron chi connectivity index (χ4n) is 1.36. The first kappa shape index (κ1) is 19.6. The van der Waals surface area contributed by atoms with Gasteiger partial charge < -0.3 is 5.73 Å². The molecule has 0 aliphatic carbocycles. The van der Waals surface area contributed by atoms with Crippen LogP contribution in [0.15, 0.2) is 23.1 Å². The Bertz CT molecular complexity index is 625. The summed E-state index contributed by atoms with van der Waals surface area (Å²) >= 11 is 0. The molecule has 0 fully saturated rings. The smallest absolute Gasteiger partial charge is 0.273 e. The van der Waals surface area contributed by atoms with Crippen molar-refractivity contribution in [2.24, 2.45) is 5.73 Å². The fraction of sp³-hybridized carbons (Fsp3) is 0.400. The number of hydrogen-bond donors (Lipinski definition) is 2. The van der Waals surface area contributed by atoms with E-state index in [0.717, 1.165) is 18.2 Å². The van der Waals surface area contributed by atoms with Gasteiger partial charge in [0.1, 0.15) is 0 Å². The Balaban J connectivity index is 0.00000400. The summed E-state index contributed by atoms with van der Waals surface area (Å²) in [6.45, 7) is -0.775. The Morgan fingerprint density at radius 2 is 2.00 bits per heavy atom. The number of nitrogens with zero attached hydrogens (tertiary/aromatic N) is 1. The Hall–Kier alpha value is -1.36. The molecule has 1 aromatic carbocycles. The first-order valence-corrected chi connectivity index (χ1v) is 6.90. The van der Waals surface area contributed by atoms with Crippen LogP contribution in [0.4, 0.5) is 14.5 Å². The van der Waals surface area contributed by atoms with Crippen LogP contribution in [-0.4, -0.2) is 32.4 Å². The van der Waals surface area contributed by atoms with E-state index in [-0.39, 0.29) is 28.6 Å². The molecule has 0 aromatic heterocycles. The van der Waals surface area contributed by atoms with Crippen molar-refractivity contribution in [2.75, 3.05) is 13.1 Å². The average molecular weight is 346 g/mol. The number of benzene rings is 1. The lowest BCUT2D eigenvalue weighted by atomic mass is 10.2. The van der Waals surface area contributed by atoms with E-state index < -0.39 is 34.0 Å². The maximum atomic E-state index is 12.9. The highest BCUT2D eigenvalue weighted by atomic mass is 35.5. The molecule has 1 rings (SSSR count). The number of halogens is 3. The molecule has 21 heavy (non-hydrogen) atoms. The van der Waals surface area contributed by atoms with Gasteiger partial charge in [-0.1, -0.05) is 0 Å².